The maximum atomic E-state index is 6.04. The highest BCUT2D eigenvalue weighted by Gasteiger charge is 2.09. The molecule has 2 aromatic rings. The predicted molar refractivity (Wildman–Crippen MR) is 90.6 cm³/mol. The molecule has 0 amide bonds. The summed E-state index contributed by atoms with van der Waals surface area (Å²) in [6, 6.07) is 16.1. The average Bonchev–Trinajstić information content (AvgIpc) is 2.39. The van der Waals surface area contributed by atoms with E-state index in [1.54, 1.807) is 6.07 Å². The second kappa shape index (κ2) is 6.73. The number of thiocarbonyl (C=S) groups is 1. The molecule has 0 aliphatic carbocycles. The highest BCUT2D eigenvalue weighted by Crippen LogP contribution is 2.22. The molecule has 1 atom stereocenters. The molecule has 0 heterocycles. The lowest BCUT2D eigenvalue weighted by Crippen LogP contribution is -2.21. The summed E-state index contributed by atoms with van der Waals surface area (Å²) in [6.07, 6.45) is 0.921. The quantitative estimate of drug-likeness (QED) is 0.820. The largest absolute Gasteiger partial charge is 0.389 e. The van der Waals surface area contributed by atoms with Crippen LogP contribution < -0.4 is 11.1 Å². The molecule has 0 saturated heterocycles. The number of anilines is 1. The van der Waals surface area contributed by atoms with E-state index in [0.717, 1.165) is 17.7 Å². The van der Waals surface area contributed by atoms with Gasteiger partial charge in [0.15, 0.2) is 0 Å². The Morgan fingerprint density at radius 2 is 1.95 bits per heavy atom. The van der Waals surface area contributed by atoms with E-state index >= 15 is 0 Å². The molecule has 0 aromatic heterocycles. The molecule has 104 valence electrons. The van der Waals surface area contributed by atoms with Crippen LogP contribution in [0.1, 0.15) is 18.1 Å². The van der Waals surface area contributed by atoms with Gasteiger partial charge in [0.05, 0.1) is 0 Å². The molecular formula is C16H17ClN2S. The summed E-state index contributed by atoms with van der Waals surface area (Å²) in [6.45, 7) is 2.12. The van der Waals surface area contributed by atoms with E-state index in [0.29, 0.717) is 10.0 Å². The van der Waals surface area contributed by atoms with Crippen molar-refractivity contribution < 1.29 is 0 Å². The van der Waals surface area contributed by atoms with Crippen molar-refractivity contribution in [1.29, 1.82) is 0 Å². The number of nitrogens with one attached hydrogen (secondary N) is 1. The second-order valence-corrected chi connectivity index (χ2v) is 5.67. The van der Waals surface area contributed by atoms with E-state index in [1.807, 2.05) is 30.3 Å². The van der Waals surface area contributed by atoms with Crippen LogP contribution in [0.3, 0.4) is 0 Å². The molecule has 2 aromatic carbocycles. The molecule has 0 aliphatic rings. The van der Waals surface area contributed by atoms with Gasteiger partial charge in [-0.3, -0.25) is 0 Å². The second-order valence-electron chi connectivity index (χ2n) is 4.79. The molecule has 0 aliphatic heterocycles. The number of rotatable bonds is 5. The summed E-state index contributed by atoms with van der Waals surface area (Å²) >= 11 is 11.1. The van der Waals surface area contributed by atoms with E-state index in [1.165, 1.54) is 5.56 Å². The molecule has 0 radical (unpaired) electrons. The van der Waals surface area contributed by atoms with Crippen molar-refractivity contribution in [3.63, 3.8) is 0 Å². The Balaban J connectivity index is 2.13. The lowest BCUT2D eigenvalue weighted by atomic mass is 10.1. The van der Waals surface area contributed by atoms with Crippen LogP contribution >= 0.6 is 23.8 Å². The molecule has 0 bridgehead atoms. The Kier molecular flexibility index (Phi) is 4.99. The summed E-state index contributed by atoms with van der Waals surface area (Å²) in [5.74, 6) is 0. The maximum Gasteiger partial charge on any atom is 0.106 e. The summed E-state index contributed by atoms with van der Waals surface area (Å²) in [5, 5.41) is 4.10. The average molecular weight is 305 g/mol. The Bertz CT molecular complexity index is 599. The topological polar surface area (TPSA) is 38.0 Å². The van der Waals surface area contributed by atoms with Crippen molar-refractivity contribution in [1.82, 2.24) is 0 Å². The van der Waals surface area contributed by atoms with Gasteiger partial charge in [0.2, 0.25) is 0 Å². The Labute approximate surface area is 130 Å². The normalized spacial score (nSPS) is 11.9. The maximum absolute atomic E-state index is 6.04. The number of hydrogen-bond acceptors (Lipinski definition) is 2. The van der Waals surface area contributed by atoms with Crippen LogP contribution in [0.5, 0.6) is 0 Å². The summed E-state index contributed by atoms with van der Waals surface area (Å²) < 4.78 is 0. The lowest BCUT2D eigenvalue weighted by Gasteiger charge is -2.18. The minimum atomic E-state index is 0.254. The number of benzene rings is 2. The van der Waals surface area contributed by atoms with Gasteiger partial charge in [-0.25, -0.2) is 0 Å². The fraction of sp³-hybridized carbons (Fsp3) is 0.188. The van der Waals surface area contributed by atoms with E-state index in [9.17, 15) is 0 Å². The number of hydrogen-bond donors (Lipinski definition) is 2. The first kappa shape index (κ1) is 14.8. The van der Waals surface area contributed by atoms with E-state index in [2.05, 4.69) is 24.4 Å². The van der Waals surface area contributed by atoms with Crippen LogP contribution in [-0.4, -0.2) is 11.0 Å². The van der Waals surface area contributed by atoms with Gasteiger partial charge < -0.3 is 11.1 Å². The molecule has 1 unspecified atom stereocenters. The first-order valence-corrected chi connectivity index (χ1v) is 7.24. The van der Waals surface area contributed by atoms with Crippen molar-refractivity contribution in [2.45, 2.75) is 19.4 Å². The van der Waals surface area contributed by atoms with Crippen LogP contribution in [-0.2, 0) is 6.42 Å². The molecular weight excluding hydrogens is 288 g/mol. The zero-order valence-electron chi connectivity index (χ0n) is 11.3. The SMILES string of the molecule is CC(Cc1ccccc1)Nc1cc(Cl)ccc1C(N)=S. The molecule has 20 heavy (non-hydrogen) atoms. The minimum Gasteiger partial charge on any atom is -0.389 e. The minimum absolute atomic E-state index is 0.254. The van der Waals surface area contributed by atoms with Gasteiger partial charge in [0.25, 0.3) is 0 Å². The van der Waals surface area contributed by atoms with Gasteiger partial charge in [-0.05, 0) is 37.1 Å². The monoisotopic (exact) mass is 304 g/mol. The van der Waals surface area contributed by atoms with Crippen LogP contribution in [0.2, 0.25) is 5.02 Å². The van der Waals surface area contributed by atoms with Crippen LogP contribution in [0.15, 0.2) is 48.5 Å². The lowest BCUT2D eigenvalue weighted by molar-refractivity contribution is 0.790. The van der Waals surface area contributed by atoms with Gasteiger partial charge in [0, 0.05) is 22.3 Å². The van der Waals surface area contributed by atoms with Crippen LogP contribution in [0.25, 0.3) is 0 Å². The molecule has 4 heteroatoms. The van der Waals surface area contributed by atoms with Gasteiger partial charge in [-0.1, -0.05) is 54.2 Å². The van der Waals surface area contributed by atoms with E-state index in [-0.39, 0.29) is 6.04 Å². The summed E-state index contributed by atoms with van der Waals surface area (Å²) in [5.41, 5.74) is 8.73. The van der Waals surface area contributed by atoms with Gasteiger partial charge in [-0.15, -0.1) is 0 Å². The molecule has 2 nitrogen and oxygen atoms in total. The first-order valence-electron chi connectivity index (χ1n) is 6.46. The Morgan fingerprint density at radius 3 is 2.60 bits per heavy atom. The summed E-state index contributed by atoms with van der Waals surface area (Å²) in [7, 11) is 0. The fourth-order valence-corrected chi connectivity index (χ4v) is 2.48. The van der Waals surface area contributed by atoms with Crippen LogP contribution in [0.4, 0.5) is 5.69 Å². The van der Waals surface area contributed by atoms with E-state index < -0.39 is 0 Å². The summed E-state index contributed by atoms with van der Waals surface area (Å²) in [4.78, 5) is 0.371. The van der Waals surface area contributed by atoms with Crippen molar-refractivity contribution in [3.8, 4) is 0 Å². The molecule has 0 spiro atoms. The van der Waals surface area contributed by atoms with E-state index in [4.69, 9.17) is 29.6 Å². The predicted octanol–water partition coefficient (Wildman–Crippen LogP) is 4.02. The van der Waals surface area contributed by atoms with Crippen molar-refractivity contribution in [2.24, 2.45) is 5.73 Å². The van der Waals surface area contributed by atoms with Gasteiger partial charge in [-0.2, -0.15) is 0 Å². The standard InChI is InChI=1S/C16H17ClN2S/c1-11(9-12-5-3-2-4-6-12)19-15-10-13(17)7-8-14(15)16(18)20/h2-8,10-11,19H,9H2,1H3,(H2,18,20). The van der Waals surface area contributed by atoms with Crippen molar-refractivity contribution >= 4 is 34.5 Å². The molecule has 0 fully saturated rings. The van der Waals surface area contributed by atoms with Gasteiger partial charge in [0.1, 0.15) is 4.99 Å². The zero-order chi connectivity index (χ0) is 14.5. The zero-order valence-corrected chi connectivity index (χ0v) is 12.8. The van der Waals surface area contributed by atoms with Crippen LogP contribution in [0, 0.1) is 0 Å². The highest BCUT2D eigenvalue weighted by atomic mass is 35.5. The third kappa shape index (κ3) is 3.95. The highest BCUT2D eigenvalue weighted by molar-refractivity contribution is 7.80. The number of halogens is 1. The molecule has 0 saturated carbocycles. The first-order chi connectivity index (χ1) is 9.56. The molecule has 3 N–H and O–H groups in total. The van der Waals surface area contributed by atoms with Gasteiger partial charge >= 0.3 is 0 Å². The third-order valence-electron chi connectivity index (χ3n) is 3.03. The smallest absolute Gasteiger partial charge is 0.106 e. The molecule has 2 rings (SSSR count). The fourth-order valence-electron chi connectivity index (χ4n) is 2.13. The third-order valence-corrected chi connectivity index (χ3v) is 3.49. The van der Waals surface area contributed by atoms with Crippen molar-refractivity contribution in [2.75, 3.05) is 5.32 Å². The Hall–Kier alpha value is -1.58. The number of nitrogens with two attached hydrogens (primary N) is 1. The Morgan fingerprint density at radius 1 is 1.25 bits per heavy atom. The van der Waals surface area contributed by atoms with Crippen molar-refractivity contribution in [3.05, 3.63) is 64.7 Å².